The highest BCUT2D eigenvalue weighted by atomic mass is 35.5. The molecule has 0 saturated heterocycles. The zero-order valence-electron chi connectivity index (χ0n) is 11.7. The SMILES string of the molecule is COc1ccc(C)cc1N(C)C(=O)c1ccc(Cl)cc1. The zero-order valence-corrected chi connectivity index (χ0v) is 12.4. The number of hydrogen-bond donors (Lipinski definition) is 0. The molecule has 2 rings (SSSR count). The van der Waals surface area contributed by atoms with Crippen molar-refractivity contribution in [3.05, 3.63) is 58.6 Å². The molecule has 0 aromatic heterocycles. The number of nitrogens with zero attached hydrogens (tertiary/aromatic N) is 1. The second-order valence-corrected chi connectivity index (χ2v) is 4.98. The first-order valence-electron chi connectivity index (χ1n) is 6.21. The van der Waals surface area contributed by atoms with Crippen LogP contribution in [0.3, 0.4) is 0 Å². The second-order valence-electron chi connectivity index (χ2n) is 4.55. The summed E-state index contributed by atoms with van der Waals surface area (Å²) in [5.74, 6) is 0.561. The Morgan fingerprint density at radius 2 is 1.80 bits per heavy atom. The van der Waals surface area contributed by atoms with Gasteiger partial charge in [0.05, 0.1) is 12.8 Å². The molecule has 0 spiro atoms. The predicted molar refractivity (Wildman–Crippen MR) is 81.9 cm³/mol. The van der Waals surface area contributed by atoms with Crippen LogP contribution in [0.4, 0.5) is 5.69 Å². The van der Waals surface area contributed by atoms with Crippen molar-refractivity contribution < 1.29 is 9.53 Å². The summed E-state index contributed by atoms with van der Waals surface area (Å²) in [6.45, 7) is 1.98. The van der Waals surface area contributed by atoms with Crippen molar-refractivity contribution in [3.63, 3.8) is 0 Å². The summed E-state index contributed by atoms with van der Waals surface area (Å²) in [4.78, 5) is 14.0. The molecule has 1 amide bonds. The summed E-state index contributed by atoms with van der Waals surface area (Å²) in [6.07, 6.45) is 0. The van der Waals surface area contributed by atoms with Crippen LogP contribution in [-0.4, -0.2) is 20.1 Å². The summed E-state index contributed by atoms with van der Waals surface area (Å²) in [6, 6.07) is 12.6. The van der Waals surface area contributed by atoms with Crippen molar-refractivity contribution in [3.8, 4) is 5.75 Å². The van der Waals surface area contributed by atoms with E-state index in [-0.39, 0.29) is 5.91 Å². The highest BCUT2D eigenvalue weighted by Gasteiger charge is 2.17. The minimum Gasteiger partial charge on any atom is -0.495 e. The lowest BCUT2D eigenvalue weighted by Gasteiger charge is -2.20. The van der Waals surface area contributed by atoms with Crippen molar-refractivity contribution in [2.75, 3.05) is 19.1 Å². The Kier molecular flexibility index (Phi) is 4.30. The number of aryl methyl sites for hydroxylation is 1. The van der Waals surface area contributed by atoms with Gasteiger partial charge in [0.2, 0.25) is 0 Å². The summed E-state index contributed by atoms with van der Waals surface area (Å²) >= 11 is 5.84. The molecular formula is C16H16ClNO2. The monoisotopic (exact) mass is 289 g/mol. The molecule has 104 valence electrons. The fourth-order valence-corrected chi connectivity index (χ4v) is 2.08. The molecule has 0 N–H and O–H groups in total. The van der Waals surface area contributed by atoms with Gasteiger partial charge in [0.25, 0.3) is 5.91 Å². The lowest BCUT2D eigenvalue weighted by atomic mass is 10.1. The van der Waals surface area contributed by atoms with Crippen LogP contribution in [0.25, 0.3) is 0 Å². The van der Waals surface area contributed by atoms with Gasteiger partial charge in [-0.15, -0.1) is 0 Å². The molecule has 2 aromatic carbocycles. The normalized spacial score (nSPS) is 10.2. The molecule has 0 fully saturated rings. The summed E-state index contributed by atoms with van der Waals surface area (Å²) in [5, 5.41) is 0.609. The summed E-state index contributed by atoms with van der Waals surface area (Å²) in [5.41, 5.74) is 2.39. The average molecular weight is 290 g/mol. The van der Waals surface area contributed by atoms with Gasteiger partial charge in [-0.1, -0.05) is 17.7 Å². The van der Waals surface area contributed by atoms with Crippen LogP contribution < -0.4 is 9.64 Å². The number of amides is 1. The third-order valence-corrected chi connectivity index (χ3v) is 3.34. The average Bonchev–Trinajstić information content (AvgIpc) is 2.46. The van der Waals surface area contributed by atoms with Crippen molar-refractivity contribution >= 4 is 23.2 Å². The van der Waals surface area contributed by atoms with Crippen molar-refractivity contribution in [2.24, 2.45) is 0 Å². The largest absolute Gasteiger partial charge is 0.495 e. The fourth-order valence-electron chi connectivity index (χ4n) is 1.96. The topological polar surface area (TPSA) is 29.5 Å². The molecule has 4 heteroatoms. The molecule has 0 atom stereocenters. The van der Waals surface area contributed by atoms with E-state index in [4.69, 9.17) is 16.3 Å². The molecule has 0 aliphatic heterocycles. The lowest BCUT2D eigenvalue weighted by molar-refractivity contribution is 0.0992. The quantitative estimate of drug-likeness (QED) is 0.857. The molecule has 2 aromatic rings. The number of rotatable bonds is 3. The number of methoxy groups -OCH3 is 1. The Morgan fingerprint density at radius 1 is 1.15 bits per heavy atom. The van der Waals surface area contributed by atoms with E-state index < -0.39 is 0 Å². The fraction of sp³-hybridized carbons (Fsp3) is 0.188. The molecule has 0 bridgehead atoms. The Labute approximate surface area is 123 Å². The van der Waals surface area contributed by atoms with Crippen molar-refractivity contribution in [1.29, 1.82) is 0 Å². The van der Waals surface area contributed by atoms with Crippen LogP contribution in [0.5, 0.6) is 5.75 Å². The maximum Gasteiger partial charge on any atom is 0.258 e. The van der Waals surface area contributed by atoms with Crippen LogP contribution in [0, 0.1) is 6.92 Å². The Bertz CT molecular complexity index is 623. The van der Waals surface area contributed by atoms with Gasteiger partial charge in [0.15, 0.2) is 0 Å². The maximum absolute atomic E-state index is 12.5. The molecule has 0 radical (unpaired) electrons. The number of benzene rings is 2. The van der Waals surface area contributed by atoms with Gasteiger partial charge in [-0.25, -0.2) is 0 Å². The van der Waals surface area contributed by atoms with Gasteiger partial charge in [0.1, 0.15) is 5.75 Å². The van der Waals surface area contributed by atoms with Crippen LogP contribution >= 0.6 is 11.6 Å². The van der Waals surface area contributed by atoms with Crippen LogP contribution in [0.15, 0.2) is 42.5 Å². The number of hydrogen-bond acceptors (Lipinski definition) is 2. The molecule has 0 aliphatic rings. The van der Waals surface area contributed by atoms with Gasteiger partial charge in [-0.2, -0.15) is 0 Å². The van der Waals surface area contributed by atoms with Crippen molar-refractivity contribution in [1.82, 2.24) is 0 Å². The second kappa shape index (κ2) is 5.97. The first-order valence-corrected chi connectivity index (χ1v) is 6.59. The lowest BCUT2D eigenvalue weighted by Crippen LogP contribution is -2.26. The Hall–Kier alpha value is -2.00. The van der Waals surface area contributed by atoms with E-state index in [0.717, 1.165) is 11.3 Å². The molecule has 0 unspecified atom stereocenters. The maximum atomic E-state index is 12.5. The number of halogens is 1. The minimum atomic E-state index is -0.106. The van der Waals surface area contributed by atoms with E-state index in [1.54, 1.807) is 43.3 Å². The van der Waals surface area contributed by atoms with E-state index in [2.05, 4.69) is 0 Å². The number of carbonyl (C=O) groups excluding carboxylic acids is 1. The van der Waals surface area contributed by atoms with E-state index in [1.165, 1.54) is 0 Å². The first-order chi connectivity index (χ1) is 9.52. The highest BCUT2D eigenvalue weighted by molar-refractivity contribution is 6.30. The molecule has 0 saturated carbocycles. The predicted octanol–water partition coefficient (Wildman–Crippen LogP) is 3.93. The molecule has 20 heavy (non-hydrogen) atoms. The summed E-state index contributed by atoms with van der Waals surface area (Å²) in [7, 11) is 3.32. The standard InChI is InChI=1S/C16H16ClNO2/c1-11-4-9-15(20-3)14(10-11)18(2)16(19)12-5-7-13(17)8-6-12/h4-10H,1-3H3. The van der Waals surface area contributed by atoms with Crippen molar-refractivity contribution in [2.45, 2.75) is 6.92 Å². The Balaban J connectivity index is 2.35. The van der Waals surface area contributed by atoms with Gasteiger partial charge >= 0.3 is 0 Å². The summed E-state index contributed by atoms with van der Waals surface area (Å²) < 4.78 is 5.31. The van der Waals surface area contributed by atoms with Crippen LogP contribution in [0.2, 0.25) is 5.02 Å². The Morgan fingerprint density at radius 3 is 2.40 bits per heavy atom. The highest BCUT2D eigenvalue weighted by Crippen LogP contribution is 2.29. The molecule has 0 aliphatic carbocycles. The van der Waals surface area contributed by atoms with Crippen LogP contribution in [0.1, 0.15) is 15.9 Å². The van der Waals surface area contributed by atoms with Crippen LogP contribution in [-0.2, 0) is 0 Å². The molecular weight excluding hydrogens is 274 g/mol. The minimum absolute atomic E-state index is 0.106. The third-order valence-electron chi connectivity index (χ3n) is 3.09. The molecule has 0 heterocycles. The van der Waals surface area contributed by atoms with Gasteiger partial charge < -0.3 is 9.64 Å². The van der Waals surface area contributed by atoms with E-state index >= 15 is 0 Å². The smallest absolute Gasteiger partial charge is 0.258 e. The van der Waals surface area contributed by atoms with E-state index in [1.807, 2.05) is 25.1 Å². The van der Waals surface area contributed by atoms with E-state index in [0.29, 0.717) is 16.3 Å². The van der Waals surface area contributed by atoms with E-state index in [9.17, 15) is 4.79 Å². The third kappa shape index (κ3) is 2.94. The first kappa shape index (κ1) is 14.4. The number of ether oxygens (including phenoxy) is 1. The van der Waals surface area contributed by atoms with Gasteiger partial charge in [-0.3, -0.25) is 4.79 Å². The molecule has 3 nitrogen and oxygen atoms in total. The number of anilines is 1. The van der Waals surface area contributed by atoms with Gasteiger partial charge in [0, 0.05) is 17.6 Å². The zero-order chi connectivity index (χ0) is 14.7. The van der Waals surface area contributed by atoms with Gasteiger partial charge in [-0.05, 0) is 48.9 Å². The number of carbonyl (C=O) groups is 1.